The Bertz CT molecular complexity index is 3870. The molecule has 8 N–H and O–H groups in total. The molecule has 0 unspecified atom stereocenters. The highest BCUT2D eigenvalue weighted by molar-refractivity contribution is 5.99. The zero-order valence-electron chi connectivity index (χ0n) is 40.9. The second kappa shape index (κ2) is 22.3. The Morgan fingerprint density at radius 2 is 1.43 bits per heavy atom. The zero-order valence-corrected chi connectivity index (χ0v) is 40.9. The zero-order chi connectivity index (χ0) is 53.5. The third-order valence-corrected chi connectivity index (χ3v) is 12.2. The average Bonchev–Trinajstić information content (AvgIpc) is 4.02. The highest BCUT2D eigenvalue weighted by atomic mass is 19.2. The number of nitrogens with one attached hydrogen (secondary N) is 6. The number of aromatic amines is 3. The average molecular weight is 1020 g/mol. The maximum atomic E-state index is 14.0. The van der Waals surface area contributed by atoms with Crippen LogP contribution in [0.5, 0.6) is 0 Å². The SMILES string of the molecule is CN(Cc1ccc(F)c(F)c1)C(=O)c1nc(C#N)cnc1NCc1ccc(-c2cnc3n[nH]c(N)c3c2)cc1.Cc1ccc([C@H](C)NC(=O)c2cccnc2NCc2ccc(-c3cnc4[nH]c(=O)[nH]c4c3)cc2)cc1F. The van der Waals surface area contributed by atoms with E-state index in [0.717, 1.165) is 50.9 Å². The Morgan fingerprint density at radius 3 is 2.13 bits per heavy atom. The van der Waals surface area contributed by atoms with E-state index in [9.17, 15) is 32.8 Å². The van der Waals surface area contributed by atoms with Gasteiger partial charge in [0, 0.05) is 56.4 Å². The van der Waals surface area contributed by atoms with E-state index in [1.807, 2.05) is 73.7 Å². The van der Waals surface area contributed by atoms with Crippen molar-refractivity contribution in [3.05, 3.63) is 207 Å². The number of benzene rings is 4. The number of hydrogen-bond donors (Lipinski definition) is 7. The van der Waals surface area contributed by atoms with Gasteiger partial charge in [-0.25, -0.2) is 42.9 Å². The molecule has 0 saturated carbocycles. The molecule has 18 nitrogen and oxygen atoms in total. The Kier molecular flexibility index (Phi) is 14.9. The van der Waals surface area contributed by atoms with E-state index in [-0.39, 0.29) is 47.2 Å². The van der Waals surface area contributed by atoms with Crippen LogP contribution in [0.4, 0.5) is 30.6 Å². The summed E-state index contributed by atoms with van der Waals surface area (Å²) in [6.45, 7) is 4.29. The summed E-state index contributed by atoms with van der Waals surface area (Å²) in [6, 6.07) is 32.6. The van der Waals surface area contributed by atoms with Crippen LogP contribution in [-0.2, 0) is 19.6 Å². The summed E-state index contributed by atoms with van der Waals surface area (Å²) in [6.07, 6.45) is 6.32. The van der Waals surface area contributed by atoms with Crippen LogP contribution in [0.25, 0.3) is 44.5 Å². The Labute approximate surface area is 431 Å². The van der Waals surface area contributed by atoms with E-state index in [0.29, 0.717) is 63.8 Å². The topological polar surface area (TPSA) is 265 Å². The van der Waals surface area contributed by atoms with Crippen molar-refractivity contribution < 1.29 is 22.8 Å². The van der Waals surface area contributed by atoms with Gasteiger partial charge < -0.3 is 31.6 Å². The van der Waals surface area contributed by atoms with E-state index >= 15 is 0 Å². The number of pyridine rings is 3. The first-order valence-corrected chi connectivity index (χ1v) is 23.5. The maximum absolute atomic E-state index is 14.0. The van der Waals surface area contributed by atoms with Crippen molar-refractivity contribution in [2.24, 2.45) is 0 Å². The van der Waals surface area contributed by atoms with Gasteiger partial charge >= 0.3 is 5.69 Å². The molecule has 6 aromatic heterocycles. The number of anilines is 3. The van der Waals surface area contributed by atoms with Crippen LogP contribution in [0.15, 0.2) is 139 Å². The second-order valence-corrected chi connectivity index (χ2v) is 17.6. The van der Waals surface area contributed by atoms with E-state index in [1.54, 1.807) is 49.8 Å². The summed E-state index contributed by atoms with van der Waals surface area (Å²) in [5, 5.41) is 26.0. The number of carbonyl (C=O) groups excluding carboxylic acids is 2. The molecule has 0 radical (unpaired) electrons. The van der Waals surface area contributed by atoms with E-state index in [4.69, 9.17) is 5.73 Å². The largest absolute Gasteiger partial charge is 0.384 e. The lowest BCUT2D eigenvalue weighted by Gasteiger charge is -2.19. The van der Waals surface area contributed by atoms with Gasteiger partial charge in [-0.2, -0.15) is 10.4 Å². The quantitative estimate of drug-likeness (QED) is 0.0537. The Balaban J connectivity index is 0.000000186. The Morgan fingerprint density at radius 1 is 0.750 bits per heavy atom. The number of halogens is 3. The van der Waals surface area contributed by atoms with Gasteiger partial charge in [0.25, 0.3) is 11.8 Å². The summed E-state index contributed by atoms with van der Waals surface area (Å²) < 4.78 is 40.8. The molecule has 76 heavy (non-hydrogen) atoms. The minimum Gasteiger partial charge on any atom is -0.384 e. The molecule has 2 amide bonds. The lowest BCUT2D eigenvalue weighted by Crippen LogP contribution is -2.28. The van der Waals surface area contributed by atoms with Gasteiger partial charge in [0.05, 0.1) is 28.7 Å². The smallest absolute Gasteiger partial charge is 0.325 e. The standard InChI is InChI=1S/C28H25FN6O2.C27H21F2N9O/c1-16-5-8-20(12-23(16)29)17(2)33-27(36)22-4-3-11-30-25(22)31-14-18-6-9-19(10-7-18)21-13-24-26(32-15-21)35-28(37)34-24;1-38(14-16-4-7-21(28)22(29)8-16)27(39)23-26(34-13-19(10-30)35-23)32-11-15-2-5-17(6-3-15)18-9-20-24(31)36-37-25(20)33-12-18/h3-13,15,17H,14H2,1-2H3,(H,30,31)(H,33,36)(H2,32,34,35,37);2-9,12-13H,11,14H2,1H3,(H,32,34)(H3,31,33,36,37)/t17-;/m0./s1. The molecule has 10 aromatic rings. The van der Waals surface area contributed by atoms with Crippen molar-refractivity contribution in [3.8, 4) is 28.3 Å². The van der Waals surface area contributed by atoms with E-state index in [2.05, 4.69) is 61.0 Å². The van der Waals surface area contributed by atoms with Gasteiger partial charge in [0.2, 0.25) is 0 Å². The molecular formula is C55H46F3N15O3. The molecule has 1 atom stereocenters. The first-order chi connectivity index (χ1) is 36.7. The van der Waals surface area contributed by atoms with Crippen molar-refractivity contribution >= 4 is 51.5 Å². The maximum Gasteiger partial charge on any atom is 0.325 e. The number of nitriles is 1. The predicted octanol–water partition coefficient (Wildman–Crippen LogP) is 8.90. The number of H-pyrrole nitrogens is 3. The number of amides is 2. The van der Waals surface area contributed by atoms with Crippen LogP contribution in [0.3, 0.4) is 0 Å². The summed E-state index contributed by atoms with van der Waals surface area (Å²) in [5.74, 6) is -2.03. The van der Waals surface area contributed by atoms with Crippen LogP contribution < -0.4 is 27.4 Å². The molecule has 0 fully saturated rings. The number of hydrogen-bond acceptors (Lipinski definition) is 13. The Hall–Kier alpha value is -10.2. The lowest BCUT2D eigenvalue weighted by atomic mass is 10.0. The number of nitrogens with two attached hydrogens (primary N) is 1. The molecule has 21 heteroatoms. The highest BCUT2D eigenvalue weighted by Crippen LogP contribution is 2.27. The number of nitrogens with zero attached hydrogens (tertiary/aromatic N) is 8. The molecule has 0 aliphatic heterocycles. The molecule has 0 aliphatic carbocycles. The van der Waals surface area contributed by atoms with Crippen LogP contribution >= 0.6 is 0 Å². The van der Waals surface area contributed by atoms with Gasteiger partial charge in [-0.1, -0.05) is 66.7 Å². The molecule has 0 saturated heterocycles. The predicted molar refractivity (Wildman–Crippen MR) is 281 cm³/mol. The number of rotatable bonds is 14. The van der Waals surface area contributed by atoms with Gasteiger partial charge in [-0.15, -0.1) is 0 Å². The van der Waals surface area contributed by atoms with Gasteiger partial charge in [-0.05, 0) is 95.3 Å². The van der Waals surface area contributed by atoms with Crippen LogP contribution in [-0.4, -0.2) is 68.8 Å². The lowest BCUT2D eigenvalue weighted by molar-refractivity contribution is 0.0779. The third-order valence-electron chi connectivity index (χ3n) is 12.2. The molecular weight excluding hydrogens is 976 g/mol. The van der Waals surface area contributed by atoms with Gasteiger partial charge in [0.15, 0.2) is 40.1 Å². The fourth-order valence-electron chi connectivity index (χ4n) is 8.01. The summed E-state index contributed by atoms with van der Waals surface area (Å²) in [4.78, 5) is 65.6. The number of aryl methyl sites for hydroxylation is 1. The fraction of sp³-hybridized carbons (Fsp3) is 0.127. The van der Waals surface area contributed by atoms with Crippen molar-refractivity contribution in [1.82, 2.24) is 55.3 Å². The molecule has 0 spiro atoms. The number of imidazole rings is 1. The van der Waals surface area contributed by atoms with Gasteiger partial charge in [-0.3, -0.25) is 19.7 Å². The summed E-state index contributed by atoms with van der Waals surface area (Å²) >= 11 is 0. The first-order valence-electron chi connectivity index (χ1n) is 23.5. The number of aromatic nitrogens is 9. The second-order valence-electron chi connectivity index (χ2n) is 17.6. The number of fused-ring (bicyclic) bond motifs is 2. The number of carbonyl (C=O) groups is 2. The highest BCUT2D eigenvalue weighted by Gasteiger charge is 2.22. The monoisotopic (exact) mass is 1020 g/mol. The molecule has 0 bridgehead atoms. The minimum atomic E-state index is -1.00. The van der Waals surface area contributed by atoms with Crippen molar-refractivity contribution in [2.45, 2.75) is 39.5 Å². The third kappa shape index (κ3) is 11.7. The van der Waals surface area contributed by atoms with Crippen molar-refractivity contribution in [3.63, 3.8) is 0 Å². The summed E-state index contributed by atoms with van der Waals surface area (Å²) in [7, 11) is 1.50. The van der Waals surface area contributed by atoms with Gasteiger partial charge in [0.1, 0.15) is 23.5 Å². The van der Waals surface area contributed by atoms with Crippen molar-refractivity contribution in [1.29, 1.82) is 5.26 Å². The minimum absolute atomic E-state index is 0.000509. The number of nitrogen functional groups attached to an aromatic ring is 1. The normalized spacial score (nSPS) is 11.3. The van der Waals surface area contributed by atoms with Crippen LogP contribution in [0, 0.1) is 35.7 Å². The van der Waals surface area contributed by atoms with Crippen LogP contribution in [0.2, 0.25) is 0 Å². The van der Waals surface area contributed by atoms with E-state index < -0.39 is 17.5 Å². The first kappa shape index (κ1) is 50.7. The molecule has 10 rings (SSSR count). The van der Waals surface area contributed by atoms with E-state index in [1.165, 1.54) is 30.3 Å². The van der Waals surface area contributed by atoms with Crippen LogP contribution in [0.1, 0.15) is 67.3 Å². The summed E-state index contributed by atoms with van der Waals surface area (Å²) in [5.41, 5.74) is 14.8. The molecule has 6 heterocycles. The van der Waals surface area contributed by atoms with Crippen molar-refractivity contribution in [2.75, 3.05) is 23.4 Å². The molecule has 380 valence electrons. The molecule has 0 aliphatic rings. The molecule has 4 aromatic carbocycles. The fourth-order valence-corrected chi connectivity index (χ4v) is 8.01.